The van der Waals surface area contributed by atoms with E-state index in [1.165, 1.54) is 11.3 Å². The van der Waals surface area contributed by atoms with E-state index in [-0.39, 0.29) is 12.2 Å². The topological polar surface area (TPSA) is 79.1 Å². The highest BCUT2D eigenvalue weighted by atomic mass is 32.1. The van der Waals surface area contributed by atoms with Crippen molar-refractivity contribution in [3.63, 3.8) is 0 Å². The number of ether oxygens (including phenoxy) is 3. The van der Waals surface area contributed by atoms with Crippen LogP contribution in [0.25, 0.3) is 6.08 Å². The molecule has 7 nitrogen and oxygen atoms in total. The van der Waals surface area contributed by atoms with Gasteiger partial charge in [0.1, 0.15) is 0 Å². The average molecular weight is 513 g/mol. The van der Waals surface area contributed by atoms with Crippen molar-refractivity contribution in [1.82, 2.24) is 4.57 Å². The van der Waals surface area contributed by atoms with E-state index in [0.29, 0.717) is 44.3 Å². The zero-order valence-corrected chi connectivity index (χ0v) is 21.8. The highest BCUT2D eigenvalue weighted by Gasteiger charge is 2.34. The van der Waals surface area contributed by atoms with Crippen molar-refractivity contribution in [2.24, 2.45) is 4.99 Å². The van der Waals surface area contributed by atoms with Gasteiger partial charge in [-0.2, -0.15) is 0 Å². The van der Waals surface area contributed by atoms with E-state index in [1.807, 2.05) is 41.8 Å². The van der Waals surface area contributed by atoms with Crippen molar-refractivity contribution in [2.75, 3.05) is 20.3 Å². The van der Waals surface area contributed by atoms with Crippen LogP contribution in [0.15, 0.2) is 56.8 Å². The summed E-state index contributed by atoms with van der Waals surface area (Å²) in [6, 6.07) is 8.70. The fourth-order valence-corrected chi connectivity index (χ4v) is 5.68. The number of methoxy groups -OCH3 is 1. The summed E-state index contributed by atoms with van der Waals surface area (Å²) in [5.41, 5.74) is 1.37. The third-order valence-corrected chi connectivity index (χ3v) is 7.39. The molecule has 3 heterocycles. The molecule has 0 fully saturated rings. The number of esters is 1. The number of allylic oxidation sites excluding steroid dienone is 1. The Labute approximate surface area is 211 Å². The number of aromatic nitrogens is 1. The van der Waals surface area contributed by atoms with Gasteiger partial charge >= 0.3 is 5.97 Å². The van der Waals surface area contributed by atoms with Crippen molar-refractivity contribution in [3.05, 3.63) is 77.1 Å². The van der Waals surface area contributed by atoms with Gasteiger partial charge in [-0.3, -0.25) is 9.36 Å². The summed E-state index contributed by atoms with van der Waals surface area (Å²) < 4.78 is 19.0. The Balaban J connectivity index is 1.89. The van der Waals surface area contributed by atoms with Crippen LogP contribution in [-0.2, 0) is 9.53 Å². The molecule has 0 amide bonds. The molecule has 1 atom stereocenters. The summed E-state index contributed by atoms with van der Waals surface area (Å²) >= 11 is 2.86. The molecule has 3 aromatic rings. The van der Waals surface area contributed by atoms with Gasteiger partial charge in [-0.15, -0.1) is 11.3 Å². The van der Waals surface area contributed by atoms with Gasteiger partial charge in [-0.25, -0.2) is 9.79 Å². The van der Waals surface area contributed by atoms with Crippen molar-refractivity contribution < 1.29 is 19.0 Å². The Bertz CT molecular complexity index is 1420. The summed E-state index contributed by atoms with van der Waals surface area (Å²) in [5, 5.41) is 1.96. The minimum absolute atomic E-state index is 0.205. The summed E-state index contributed by atoms with van der Waals surface area (Å²) in [7, 11) is 1.58. The molecule has 0 bridgehead atoms. The first-order valence-corrected chi connectivity index (χ1v) is 13.2. The van der Waals surface area contributed by atoms with Crippen molar-refractivity contribution >= 4 is 34.7 Å². The zero-order valence-electron chi connectivity index (χ0n) is 20.2. The van der Waals surface area contributed by atoms with Gasteiger partial charge in [0.15, 0.2) is 16.3 Å². The molecular weight excluding hydrogens is 484 g/mol. The van der Waals surface area contributed by atoms with E-state index in [0.717, 1.165) is 17.7 Å². The summed E-state index contributed by atoms with van der Waals surface area (Å²) in [5.74, 6) is 0.666. The molecule has 1 aliphatic heterocycles. The first kappa shape index (κ1) is 24.9. The molecule has 1 aliphatic rings. The summed E-state index contributed by atoms with van der Waals surface area (Å²) in [6.07, 6.45) is 3.81. The maximum atomic E-state index is 13.6. The van der Waals surface area contributed by atoms with E-state index >= 15 is 0 Å². The number of benzene rings is 1. The Morgan fingerprint density at radius 1 is 1.23 bits per heavy atom. The van der Waals surface area contributed by atoms with E-state index in [1.54, 1.807) is 36.9 Å². The third kappa shape index (κ3) is 5.11. The molecule has 1 unspecified atom stereocenters. The predicted octanol–water partition coefficient (Wildman–Crippen LogP) is 4.05. The lowest BCUT2D eigenvalue weighted by atomic mass is 9.95. The quantitative estimate of drug-likeness (QED) is 0.319. The fourth-order valence-electron chi connectivity index (χ4n) is 3.91. The molecule has 184 valence electrons. The number of thiophene rings is 1. The Hall–Kier alpha value is -3.17. The van der Waals surface area contributed by atoms with Gasteiger partial charge in [-0.1, -0.05) is 36.8 Å². The van der Waals surface area contributed by atoms with Crippen LogP contribution in [-0.4, -0.2) is 30.9 Å². The summed E-state index contributed by atoms with van der Waals surface area (Å²) in [4.78, 5) is 32.8. The molecule has 4 rings (SSSR count). The van der Waals surface area contributed by atoms with Gasteiger partial charge in [0, 0.05) is 4.88 Å². The van der Waals surface area contributed by atoms with Gasteiger partial charge in [0.05, 0.1) is 42.2 Å². The number of unbranched alkanes of at least 4 members (excludes halogenated alkanes) is 1. The van der Waals surface area contributed by atoms with Crippen molar-refractivity contribution in [3.8, 4) is 11.5 Å². The Morgan fingerprint density at radius 3 is 2.74 bits per heavy atom. The molecular formula is C26H28N2O5S2. The van der Waals surface area contributed by atoms with Crippen LogP contribution in [0.2, 0.25) is 0 Å². The zero-order chi connectivity index (χ0) is 24.9. The molecule has 0 N–H and O–H groups in total. The SMILES string of the molecule is CCCCOc1ccc(C2C(C(=O)OCC)=C(C)N=c3sc(=Cc4cccs4)c(=O)n32)cc1OC. The molecule has 0 spiro atoms. The van der Waals surface area contributed by atoms with Crippen LogP contribution in [0.3, 0.4) is 0 Å². The lowest BCUT2D eigenvalue weighted by Gasteiger charge is -2.25. The van der Waals surface area contributed by atoms with E-state index in [4.69, 9.17) is 14.2 Å². The van der Waals surface area contributed by atoms with Crippen LogP contribution in [0.4, 0.5) is 0 Å². The molecule has 2 aromatic heterocycles. The smallest absolute Gasteiger partial charge is 0.338 e. The van der Waals surface area contributed by atoms with Crippen LogP contribution in [0.1, 0.15) is 50.1 Å². The standard InChI is InChI=1S/C26H28N2O5S2/c1-5-7-12-33-19-11-10-17(14-20(19)31-4)23-22(25(30)32-6-2)16(3)27-26-28(23)24(29)21(35-26)15-18-9-8-13-34-18/h8-11,13-15,23H,5-7,12H2,1-4H3. The largest absolute Gasteiger partial charge is 0.493 e. The maximum absolute atomic E-state index is 13.6. The molecule has 0 radical (unpaired) electrons. The number of hydrogen-bond donors (Lipinski definition) is 0. The molecule has 0 aliphatic carbocycles. The summed E-state index contributed by atoms with van der Waals surface area (Å²) in [6.45, 7) is 6.43. The normalized spacial score (nSPS) is 15.5. The number of hydrogen-bond acceptors (Lipinski definition) is 8. The monoisotopic (exact) mass is 512 g/mol. The fraction of sp³-hybridized carbons (Fsp3) is 0.346. The highest BCUT2D eigenvalue weighted by molar-refractivity contribution is 7.11. The number of thiazole rings is 1. The number of carbonyl (C=O) groups excluding carboxylic acids is 1. The number of carbonyl (C=O) groups is 1. The van der Waals surface area contributed by atoms with E-state index in [9.17, 15) is 9.59 Å². The van der Waals surface area contributed by atoms with Crippen molar-refractivity contribution in [1.29, 1.82) is 0 Å². The second-order valence-corrected chi connectivity index (χ2v) is 9.92. The lowest BCUT2D eigenvalue weighted by molar-refractivity contribution is -0.139. The van der Waals surface area contributed by atoms with Crippen LogP contribution in [0.5, 0.6) is 11.5 Å². The second kappa shape index (κ2) is 11.0. The van der Waals surface area contributed by atoms with E-state index < -0.39 is 12.0 Å². The van der Waals surface area contributed by atoms with E-state index in [2.05, 4.69) is 11.9 Å². The van der Waals surface area contributed by atoms with Crippen LogP contribution >= 0.6 is 22.7 Å². The van der Waals surface area contributed by atoms with Crippen molar-refractivity contribution in [2.45, 2.75) is 39.7 Å². The number of fused-ring (bicyclic) bond motifs is 1. The second-order valence-electron chi connectivity index (χ2n) is 7.93. The third-order valence-electron chi connectivity index (χ3n) is 5.59. The maximum Gasteiger partial charge on any atom is 0.338 e. The lowest BCUT2D eigenvalue weighted by Crippen LogP contribution is -2.39. The predicted molar refractivity (Wildman–Crippen MR) is 138 cm³/mol. The van der Waals surface area contributed by atoms with Gasteiger partial charge in [-0.05, 0) is 55.5 Å². The minimum atomic E-state index is -0.700. The van der Waals surface area contributed by atoms with Gasteiger partial charge < -0.3 is 14.2 Å². The Kier molecular flexibility index (Phi) is 7.87. The molecule has 35 heavy (non-hydrogen) atoms. The molecule has 1 aromatic carbocycles. The number of rotatable bonds is 9. The number of nitrogens with zero attached hydrogens (tertiary/aromatic N) is 2. The average Bonchev–Trinajstić information content (AvgIpc) is 3.46. The minimum Gasteiger partial charge on any atom is -0.493 e. The molecule has 0 saturated carbocycles. The van der Waals surface area contributed by atoms with Crippen LogP contribution in [0, 0.1) is 0 Å². The first-order valence-electron chi connectivity index (χ1n) is 11.5. The molecule has 0 saturated heterocycles. The first-order chi connectivity index (χ1) is 17.0. The van der Waals surface area contributed by atoms with Gasteiger partial charge in [0.25, 0.3) is 5.56 Å². The van der Waals surface area contributed by atoms with Gasteiger partial charge in [0.2, 0.25) is 0 Å². The Morgan fingerprint density at radius 2 is 2.06 bits per heavy atom. The molecule has 9 heteroatoms. The van der Waals surface area contributed by atoms with Crippen LogP contribution < -0.4 is 24.4 Å². The highest BCUT2D eigenvalue weighted by Crippen LogP contribution is 2.36.